The Bertz CT molecular complexity index is 3540. The molecular formula is C129H242O16. The lowest BCUT2D eigenvalue weighted by Crippen LogP contribution is -2.51. The Kier molecular flexibility index (Phi) is 62.6. The van der Waals surface area contributed by atoms with Crippen LogP contribution in [0.4, 0.5) is 0 Å². The zero-order chi connectivity index (χ0) is 111. The molecule has 0 radical (unpaired) electrons. The molecule has 0 aromatic carbocycles. The van der Waals surface area contributed by atoms with Gasteiger partial charge >= 0.3 is 47.8 Å². The molecule has 0 aromatic heterocycles. The second-order valence-corrected chi connectivity index (χ2v) is 54.5. The monoisotopic (exact) mass is 2050 g/mol. The van der Waals surface area contributed by atoms with E-state index >= 15 is 0 Å². The lowest BCUT2D eigenvalue weighted by atomic mass is 9.65. The molecule has 16 heteroatoms. The van der Waals surface area contributed by atoms with Gasteiger partial charge in [0.15, 0.2) is 0 Å². The van der Waals surface area contributed by atoms with E-state index in [1.165, 1.54) is 257 Å². The zero-order valence-corrected chi connectivity index (χ0v) is 103. The molecule has 0 N–H and O–H groups in total. The first kappa shape index (κ1) is 139. The van der Waals surface area contributed by atoms with Crippen molar-refractivity contribution < 1.29 is 76.3 Å². The smallest absolute Gasteiger partial charge is 0.312 e. The van der Waals surface area contributed by atoms with Crippen LogP contribution in [0.25, 0.3) is 0 Å². The van der Waals surface area contributed by atoms with Gasteiger partial charge in [-0.25, -0.2) is 0 Å². The number of esters is 8. The maximum absolute atomic E-state index is 12.5. The van der Waals surface area contributed by atoms with Gasteiger partial charge in [-0.15, -0.1) is 0 Å². The van der Waals surface area contributed by atoms with E-state index < -0.39 is 0 Å². The maximum atomic E-state index is 12.5. The highest BCUT2D eigenvalue weighted by Gasteiger charge is 2.52. The summed E-state index contributed by atoms with van der Waals surface area (Å²) in [4.78, 5) is 98.4. The molecule has 8 saturated carbocycles. The number of carbonyl (C=O) groups excluding carboxylic acids is 8. The van der Waals surface area contributed by atoms with Crippen LogP contribution in [-0.2, 0) is 76.3 Å². The number of rotatable bonds is 28. The van der Waals surface area contributed by atoms with Crippen LogP contribution in [0.5, 0.6) is 0 Å². The van der Waals surface area contributed by atoms with Crippen molar-refractivity contribution in [3.05, 3.63) is 0 Å². The summed E-state index contributed by atoms with van der Waals surface area (Å²) >= 11 is 0. The molecule has 8 aliphatic rings. The third-order valence-electron chi connectivity index (χ3n) is 37.3. The predicted octanol–water partition coefficient (Wildman–Crippen LogP) is 39.0. The summed E-state index contributed by atoms with van der Waals surface area (Å²) in [6.45, 7) is 74.2. The van der Waals surface area contributed by atoms with Gasteiger partial charge in [0.2, 0.25) is 0 Å². The quantitative estimate of drug-likeness (QED) is 0.0405. The molecule has 0 heterocycles. The van der Waals surface area contributed by atoms with Gasteiger partial charge < -0.3 is 37.9 Å². The molecule has 0 amide bonds. The van der Waals surface area contributed by atoms with Crippen molar-refractivity contribution in [3.63, 3.8) is 0 Å². The summed E-state index contributed by atoms with van der Waals surface area (Å²) in [5.41, 5.74) is -4.47. The van der Waals surface area contributed by atoms with Gasteiger partial charge in [0.05, 0.1) is 43.3 Å². The van der Waals surface area contributed by atoms with Gasteiger partial charge in [-0.1, -0.05) is 265 Å². The Morgan fingerprint density at radius 3 is 0.455 bits per heavy atom. The van der Waals surface area contributed by atoms with Crippen LogP contribution in [0.1, 0.15) is 679 Å². The molecule has 0 unspecified atom stereocenters. The third kappa shape index (κ3) is 49.8. The second kappa shape index (κ2) is 65.5. The Labute approximate surface area is 897 Å². The van der Waals surface area contributed by atoms with E-state index in [4.69, 9.17) is 37.9 Å². The van der Waals surface area contributed by atoms with Crippen LogP contribution in [-0.4, -0.2) is 92.6 Å². The molecule has 854 valence electrons. The van der Waals surface area contributed by atoms with E-state index in [2.05, 4.69) is 111 Å². The molecule has 8 fully saturated rings. The fraction of sp³-hybridized carbons (Fsp3) is 0.938. The van der Waals surface area contributed by atoms with Gasteiger partial charge in [-0.05, 0) is 415 Å². The molecule has 0 atom stereocenters. The molecule has 145 heavy (non-hydrogen) atoms. The Morgan fingerprint density at radius 1 is 0.166 bits per heavy atom. The van der Waals surface area contributed by atoms with Crippen molar-refractivity contribution in [1.29, 1.82) is 0 Å². The minimum absolute atomic E-state index is 0.00702. The van der Waals surface area contributed by atoms with Crippen molar-refractivity contribution >= 4 is 47.8 Å². The van der Waals surface area contributed by atoms with E-state index in [0.29, 0.717) is 0 Å². The van der Waals surface area contributed by atoms with Crippen LogP contribution in [0, 0.1) is 54.1 Å². The van der Waals surface area contributed by atoms with Gasteiger partial charge in [0, 0.05) is 10.8 Å². The summed E-state index contributed by atoms with van der Waals surface area (Å²) < 4.78 is 47.7. The molecule has 0 aromatic rings. The van der Waals surface area contributed by atoms with E-state index in [0.717, 1.165) is 173 Å². The number of ether oxygens (including phenoxy) is 8. The maximum Gasteiger partial charge on any atom is 0.312 e. The average Bonchev–Trinajstić information content (AvgIpc) is 0.981. The van der Waals surface area contributed by atoms with E-state index in [1.54, 1.807) is 0 Å². The van der Waals surface area contributed by atoms with Crippen LogP contribution in [0.2, 0.25) is 0 Å². The number of hydrogen-bond donors (Lipinski definition) is 0. The van der Waals surface area contributed by atoms with Crippen LogP contribution in [0.15, 0.2) is 0 Å². The third-order valence-corrected chi connectivity index (χ3v) is 37.3. The standard InChI is InChI=1S/C19H36O2.2C17H32O2.2C16H30O2.2C15H28O2.C14H26O2/c1-5-18(2,3)17(20)21-19(4)15-13-11-9-7-6-8-10-12-14-16-19;1-7-15(3,4)14(18)19-17(16(5,6)8-2)12-10-9-11-13-17;1-5-16(2,3)15(18)19-17(4)13-11-9-7-6-8-10-12-14-17;1-7-15(5,6)13(17)18-16(14(2,3)4)11-9-8-10-12-16;1-5-15(3,4)14(17)18-16(6-2)12-10-8-7-9-11-13-16;1-5-14(2,3)13(16)17-15(4)11-9-7-6-8-10-12-15;1-5-14(3,4)13(16)17-15(6-2)11-9-7-8-10-12-15;1-5-13(2,3)12(15)16-14(4)10-8-6-7-9-11-14/h5-16H2,1-4H3;7-13H2,1-6H3;5-14H2,1-4H3;7-12H2,1-6H3;5-13H2,1-4H3;2*5-12H2,1-4H3;5-11H2,1-4H3. The van der Waals surface area contributed by atoms with Crippen molar-refractivity contribution in [2.75, 3.05) is 0 Å². The number of hydrogen-bond acceptors (Lipinski definition) is 16. The molecule has 0 bridgehead atoms. The fourth-order valence-corrected chi connectivity index (χ4v) is 20.3. The summed E-state index contributed by atoms with van der Waals surface area (Å²) in [7, 11) is 0. The molecule has 8 rings (SSSR count). The Morgan fingerprint density at radius 2 is 0.297 bits per heavy atom. The lowest BCUT2D eigenvalue weighted by Gasteiger charge is -2.49. The summed E-state index contributed by atoms with van der Waals surface area (Å²) in [6.07, 6.45) is 76.7. The largest absolute Gasteiger partial charge is 0.459 e. The zero-order valence-electron chi connectivity index (χ0n) is 103. The first-order valence-corrected chi connectivity index (χ1v) is 61.2. The Balaban J connectivity index is 0.000000829. The summed E-state index contributed by atoms with van der Waals surface area (Å²) in [5, 5.41) is 0. The van der Waals surface area contributed by atoms with Crippen molar-refractivity contribution in [2.24, 2.45) is 54.1 Å². The van der Waals surface area contributed by atoms with E-state index in [9.17, 15) is 38.4 Å². The van der Waals surface area contributed by atoms with Gasteiger partial charge in [0.25, 0.3) is 0 Å². The van der Waals surface area contributed by atoms with Gasteiger partial charge in [-0.2, -0.15) is 0 Å². The topological polar surface area (TPSA) is 210 Å². The normalized spacial score (nSPS) is 21.1. The minimum atomic E-state index is -0.367. The molecule has 0 aliphatic heterocycles. The first-order valence-electron chi connectivity index (χ1n) is 61.2. The number of carbonyl (C=O) groups is 8. The highest BCUT2D eigenvalue weighted by Crippen LogP contribution is 2.51. The van der Waals surface area contributed by atoms with Crippen LogP contribution in [0.3, 0.4) is 0 Å². The SMILES string of the molecule is CCC(C)(C)C(=O)OC1(C(C)(C)C)CCCCC1.CCC(C)(C)C(=O)OC1(C(C)(C)CC)CCCCC1.CCC(C)(C)C(=O)OC1(C)CCCCCC1.CCC(C)(C)C(=O)OC1(C)CCCCCCC1.CCC(C)(C)C(=O)OC1(C)CCCCCCCCC1.CCC(C)(C)C(=O)OC1(C)CCCCCCCCCCC1.CCC1(OC(=O)C(C)(C)CC)CCCCCC1.CCC1(OC(=O)C(C)(C)CC)CCCCCCC1. The first-order chi connectivity index (χ1) is 67.3. The predicted molar refractivity (Wildman–Crippen MR) is 609 cm³/mol. The second-order valence-electron chi connectivity index (χ2n) is 54.5. The van der Waals surface area contributed by atoms with E-state index in [-0.39, 0.29) is 147 Å². The van der Waals surface area contributed by atoms with Crippen molar-refractivity contribution in [3.8, 4) is 0 Å². The Hall–Kier alpha value is -4.24. The van der Waals surface area contributed by atoms with Crippen LogP contribution >= 0.6 is 0 Å². The van der Waals surface area contributed by atoms with Crippen LogP contribution < -0.4 is 0 Å². The fourth-order valence-electron chi connectivity index (χ4n) is 20.3. The highest BCUT2D eigenvalue weighted by molar-refractivity contribution is 5.80. The lowest BCUT2D eigenvalue weighted by molar-refractivity contribution is -0.192. The summed E-state index contributed by atoms with van der Waals surface area (Å²) in [6, 6.07) is 0. The average molecular weight is 2050 g/mol. The minimum Gasteiger partial charge on any atom is -0.459 e. The summed E-state index contributed by atoms with van der Waals surface area (Å²) in [5.74, 6) is -0.145. The molecular weight excluding hydrogens is 1810 g/mol. The highest BCUT2D eigenvalue weighted by atomic mass is 16.6. The molecule has 0 spiro atoms. The van der Waals surface area contributed by atoms with Gasteiger partial charge in [-0.3, -0.25) is 38.4 Å². The van der Waals surface area contributed by atoms with E-state index in [1.807, 2.05) is 138 Å². The molecule has 8 aliphatic carbocycles. The molecule has 16 nitrogen and oxygen atoms in total. The van der Waals surface area contributed by atoms with Gasteiger partial charge in [0.1, 0.15) is 44.8 Å². The molecule has 0 saturated heterocycles. The van der Waals surface area contributed by atoms with Crippen molar-refractivity contribution in [1.82, 2.24) is 0 Å². The van der Waals surface area contributed by atoms with Crippen molar-refractivity contribution in [2.45, 2.75) is 724 Å².